The first-order chi connectivity index (χ1) is 22.6. The zero-order chi connectivity index (χ0) is 33.6. The van der Waals surface area contributed by atoms with Crippen molar-refractivity contribution in [1.29, 1.82) is 0 Å². The van der Waals surface area contributed by atoms with E-state index in [1.54, 1.807) is 42.5 Å². The molecule has 0 saturated carbocycles. The van der Waals surface area contributed by atoms with E-state index in [0.717, 1.165) is 0 Å². The molecule has 1 atom stereocenters. The van der Waals surface area contributed by atoms with Gasteiger partial charge in [0.25, 0.3) is 11.8 Å². The van der Waals surface area contributed by atoms with Gasteiger partial charge in [0.05, 0.1) is 24.6 Å². The molecule has 5 rings (SSSR count). The minimum Gasteiger partial charge on any atom is -0.379 e. The van der Waals surface area contributed by atoms with Gasteiger partial charge in [-0.1, -0.05) is 60.7 Å². The highest BCUT2D eigenvalue weighted by Crippen LogP contribution is 2.44. The van der Waals surface area contributed by atoms with Crippen molar-refractivity contribution in [3.63, 3.8) is 0 Å². The van der Waals surface area contributed by atoms with Crippen LogP contribution in [-0.4, -0.2) is 85.2 Å². The fraction of sp³-hybridized carbons (Fsp3) is 0.257. The van der Waals surface area contributed by atoms with Gasteiger partial charge in [0.1, 0.15) is 5.92 Å². The Balaban J connectivity index is 1.65. The standard InChI is InChI=1S/C35H34F3N5O4/c1-41(18-19-42-20-22-47-23-21-42)32(44)26-13-9-14-27(30(26)31(35(36,37)38)24-10-3-2-4-11-24)33(45)43(34(39)46)29-16-6-5-12-25(29)28-15-7-8-17-40-28/h2-17,31H,18-23H2,1H3,(H2,39,46). The van der Waals surface area contributed by atoms with Crippen LogP contribution in [0, 0.1) is 0 Å². The topological polar surface area (TPSA) is 109 Å². The number of hydrogen-bond acceptors (Lipinski definition) is 6. The predicted octanol–water partition coefficient (Wildman–Crippen LogP) is 5.57. The van der Waals surface area contributed by atoms with E-state index in [2.05, 4.69) is 9.88 Å². The number of benzene rings is 3. The second-order valence-corrected chi connectivity index (χ2v) is 11.0. The van der Waals surface area contributed by atoms with Crippen molar-refractivity contribution in [2.75, 3.05) is 51.3 Å². The van der Waals surface area contributed by atoms with Crippen LogP contribution in [0.4, 0.5) is 23.7 Å². The Morgan fingerprint density at radius 1 is 0.872 bits per heavy atom. The number of ether oxygens (including phenoxy) is 1. The molecule has 12 heteroatoms. The number of imide groups is 1. The highest BCUT2D eigenvalue weighted by molar-refractivity contribution is 6.22. The lowest BCUT2D eigenvalue weighted by Gasteiger charge is -2.30. The molecule has 47 heavy (non-hydrogen) atoms. The molecule has 9 nitrogen and oxygen atoms in total. The molecule has 1 fully saturated rings. The first-order valence-electron chi connectivity index (χ1n) is 15.0. The van der Waals surface area contributed by atoms with Gasteiger partial charge in [-0.3, -0.25) is 19.5 Å². The second-order valence-electron chi connectivity index (χ2n) is 11.0. The monoisotopic (exact) mass is 645 g/mol. The number of hydrogen-bond donors (Lipinski definition) is 1. The second kappa shape index (κ2) is 14.6. The third-order valence-electron chi connectivity index (χ3n) is 8.03. The van der Waals surface area contributed by atoms with Crippen LogP contribution in [0.15, 0.2) is 97.2 Å². The SMILES string of the molecule is CN(CCN1CCOCC1)C(=O)c1cccc(C(=O)N(C(N)=O)c2ccccc2-c2ccccn2)c1C(c1ccccc1)C(F)(F)F. The molecule has 1 aliphatic heterocycles. The molecule has 0 radical (unpaired) electrons. The lowest BCUT2D eigenvalue weighted by atomic mass is 9.83. The number of carbonyl (C=O) groups is 3. The highest BCUT2D eigenvalue weighted by atomic mass is 19.4. The summed E-state index contributed by atoms with van der Waals surface area (Å²) in [5, 5.41) is 0. The zero-order valence-corrected chi connectivity index (χ0v) is 25.7. The summed E-state index contributed by atoms with van der Waals surface area (Å²) in [7, 11) is 1.50. The van der Waals surface area contributed by atoms with Crippen molar-refractivity contribution in [1.82, 2.24) is 14.8 Å². The van der Waals surface area contributed by atoms with Gasteiger partial charge < -0.3 is 15.4 Å². The lowest BCUT2D eigenvalue weighted by Crippen LogP contribution is -2.43. The van der Waals surface area contributed by atoms with Gasteiger partial charge in [-0.2, -0.15) is 13.2 Å². The molecular weight excluding hydrogens is 611 g/mol. The van der Waals surface area contributed by atoms with Crippen molar-refractivity contribution in [2.24, 2.45) is 5.73 Å². The van der Waals surface area contributed by atoms with E-state index in [1.807, 2.05) is 0 Å². The van der Waals surface area contributed by atoms with Crippen molar-refractivity contribution >= 4 is 23.5 Å². The van der Waals surface area contributed by atoms with E-state index in [0.29, 0.717) is 49.0 Å². The summed E-state index contributed by atoms with van der Waals surface area (Å²) in [5.74, 6) is -4.20. The van der Waals surface area contributed by atoms with Gasteiger partial charge in [0, 0.05) is 56.1 Å². The quantitative estimate of drug-likeness (QED) is 0.255. The van der Waals surface area contributed by atoms with Crippen LogP contribution in [0.5, 0.6) is 0 Å². The third kappa shape index (κ3) is 7.50. The number of rotatable bonds is 9. The van der Waals surface area contributed by atoms with Gasteiger partial charge in [0.2, 0.25) is 0 Å². The minimum atomic E-state index is -4.93. The highest BCUT2D eigenvalue weighted by Gasteiger charge is 2.46. The first kappa shape index (κ1) is 33.3. The number of anilines is 1. The molecule has 2 heterocycles. The molecule has 3 aromatic carbocycles. The number of morpholine rings is 1. The summed E-state index contributed by atoms with van der Waals surface area (Å²) in [6, 6.07) is 21.0. The van der Waals surface area contributed by atoms with Crippen molar-refractivity contribution < 1.29 is 32.3 Å². The average molecular weight is 646 g/mol. The summed E-state index contributed by atoms with van der Waals surface area (Å²) in [6.07, 6.45) is -3.40. The van der Waals surface area contributed by atoms with Crippen LogP contribution < -0.4 is 10.6 Å². The molecule has 2 N–H and O–H groups in total. The zero-order valence-electron chi connectivity index (χ0n) is 25.7. The number of primary amides is 1. The lowest BCUT2D eigenvalue weighted by molar-refractivity contribution is -0.141. The fourth-order valence-corrected chi connectivity index (χ4v) is 5.69. The Labute approximate surface area is 270 Å². The van der Waals surface area contributed by atoms with Gasteiger partial charge in [-0.25, -0.2) is 9.69 Å². The van der Waals surface area contributed by atoms with Crippen LogP contribution >= 0.6 is 0 Å². The summed E-state index contributed by atoms with van der Waals surface area (Å²) in [4.78, 5) is 49.8. The maximum Gasteiger partial charge on any atom is 0.399 e. The molecule has 0 aliphatic carbocycles. The Hall–Kier alpha value is -5.07. The van der Waals surface area contributed by atoms with Crippen molar-refractivity contribution in [2.45, 2.75) is 12.1 Å². The Bertz CT molecular complexity index is 1710. The van der Waals surface area contributed by atoms with Crippen LogP contribution in [0.1, 0.15) is 37.8 Å². The molecule has 0 spiro atoms. The Morgan fingerprint density at radius 2 is 1.51 bits per heavy atom. The average Bonchev–Trinajstić information content (AvgIpc) is 3.08. The molecule has 1 aromatic heterocycles. The number of alkyl halides is 3. The molecule has 4 amide bonds. The van der Waals surface area contributed by atoms with Gasteiger partial charge in [-0.15, -0.1) is 0 Å². The van der Waals surface area contributed by atoms with E-state index in [4.69, 9.17) is 10.5 Å². The minimum absolute atomic E-state index is 0.0253. The van der Waals surface area contributed by atoms with Gasteiger partial charge in [-0.05, 0) is 41.5 Å². The number of likely N-dealkylation sites (N-methyl/N-ethyl adjacent to an activating group) is 1. The van der Waals surface area contributed by atoms with E-state index < -0.39 is 41.1 Å². The summed E-state index contributed by atoms with van der Waals surface area (Å²) in [5.41, 5.74) is 5.01. The van der Waals surface area contributed by atoms with Crippen LogP contribution in [0.25, 0.3) is 11.3 Å². The van der Waals surface area contributed by atoms with Crippen molar-refractivity contribution in [3.8, 4) is 11.3 Å². The molecule has 1 saturated heterocycles. The van der Waals surface area contributed by atoms with Crippen LogP contribution in [-0.2, 0) is 4.74 Å². The summed E-state index contributed by atoms with van der Waals surface area (Å²) in [6.45, 7) is 3.16. The Kier molecular flexibility index (Phi) is 10.3. The molecule has 0 bridgehead atoms. The number of carbonyl (C=O) groups excluding carboxylic acids is 3. The van der Waals surface area contributed by atoms with Crippen LogP contribution in [0.3, 0.4) is 0 Å². The number of urea groups is 1. The van der Waals surface area contributed by atoms with Gasteiger partial charge in [0.15, 0.2) is 0 Å². The third-order valence-corrected chi connectivity index (χ3v) is 8.03. The van der Waals surface area contributed by atoms with E-state index in [-0.39, 0.29) is 23.4 Å². The number of halogens is 3. The van der Waals surface area contributed by atoms with E-state index in [1.165, 1.54) is 66.7 Å². The van der Waals surface area contributed by atoms with Crippen LogP contribution in [0.2, 0.25) is 0 Å². The largest absolute Gasteiger partial charge is 0.399 e. The van der Waals surface area contributed by atoms with Gasteiger partial charge >= 0.3 is 12.2 Å². The molecular formula is C35H34F3N5O4. The number of pyridine rings is 1. The maximum absolute atomic E-state index is 15.2. The normalized spacial score (nSPS) is 14.3. The summed E-state index contributed by atoms with van der Waals surface area (Å²) >= 11 is 0. The molecule has 4 aromatic rings. The molecule has 244 valence electrons. The smallest absolute Gasteiger partial charge is 0.379 e. The predicted molar refractivity (Wildman–Crippen MR) is 171 cm³/mol. The molecule has 1 unspecified atom stereocenters. The number of nitrogens with zero attached hydrogens (tertiary/aromatic N) is 4. The first-order valence-corrected chi connectivity index (χ1v) is 15.0. The number of aromatic nitrogens is 1. The fourth-order valence-electron chi connectivity index (χ4n) is 5.69. The number of amides is 4. The number of nitrogens with two attached hydrogens (primary N) is 1. The maximum atomic E-state index is 15.2. The molecule has 1 aliphatic rings. The van der Waals surface area contributed by atoms with Crippen molar-refractivity contribution in [3.05, 3.63) is 119 Å². The van der Waals surface area contributed by atoms with E-state index >= 15 is 13.2 Å². The number of para-hydroxylation sites is 1. The van der Waals surface area contributed by atoms with E-state index in [9.17, 15) is 14.4 Å². The summed E-state index contributed by atoms with van der Waals surface area (Å²) < 4.78 is 50.9. The Morgan fingerprint density at radius 3 is 2.15 bits per heavy atom.